The van der Waals surface area contributed by atoms with Gasteiger partial charge < -0.3 is 29.6 Å². The van der Waals surface area contributed by atoms with E-state index in [4.69, 9.17) is 23.9 Å². The Hall–Kier alpha value is -1.42. The van der Waals surface area contributed by atoms with Crippen LogP contribution < -0.4 is 24.8 Å². The summed E-state index contributed by atoms with van der Waals surface area (Å²) >= 11 is 0. The van der Waals surface area contributed by atoms with Gasteiger partial charge in [-0.1, -0.05) is 13.8 Å². The molecular formula is C22H36IN3O4. The number of hydrogen-bond donors (Lipinski definition) is 2. The van der Waals surface area contributed by atoms with E-state index < -0.39 is 0 Å². The van der Waals surface area contributed by atoms with Crippen molar-refractivity contribution in [2.24, 2.45) is 16.3 Å². The van der Waals surface area contributed by atoms with E-state index in [1.807, 2.05) is 12.1 Å². The van der Waals surface area contributed by atoms with E-state index in [0.29, 0.717) is 36.8 Å². The van der Waals surface area contributed by atoms with Gasteiger partial charge in [-0.3, -0.25) is 4.99 Å². The topological polar surface area (TPSA) is 73.3 Å². The summed E-state index contributed by atoms with van der Waals surface area (Å²) in [6.45, 7) is 8.92. The first-order valence-electron chi connectivity index (χ1n) is 10.4. The van der Waals surface area contributed by atoms with E-state index in [2.05, 4.69) is 31.4 Å². The van der Waals surface area contributed by atoms with Crippen LogP contribution in [0.15, 0.2) is 17.1 Å². The molecule has 3 atom stereocenters. The SMILES string of the molecule is CCNC(=NCCc1c(OC)cc(OC)cc1OC)NC1C2CCOC2C1(C)C.I. The molecule has 1 heterocycles. The van der Waals surface area contributed by atoms with E-state index >= 15 is 0 Å². The lowest BCUT2D eigenvalue weighted by atomic mass is 9.57. The lowest BCUT2D eigenvalue weighted by molar-refractivity contribution is -0.106. The van der Waals surface area contributed by atoms with Gasteiger partial charge in [0.1, 0.15) is 17.2 Å². The van der Waals surface area contributed by atoms with Crippen molar-refractivity contribution in [3.8, 4) is 17.2 Å². The van der Waals surface area contributed by atoms with E-state index in [0.717, 1.165) is 42.6 Å². The Kier molecular flexibility index (Phi) is 8.90. The minimum absolute atomic E-state index is 0. The zero-order valence-corrected chi connectivity index (χ0v) is 21.2. The maximum Gasteiger partial charge on any atom is 0.191 e. The highest BCUT2D eigenvalue weighted by molar-refractivity contribution is 14.0. The molecule has 1 saturated carbocycles. The average molecular weight is 533 g/mol. The largest absolute Gasteiger partial charge is 0.496 e. The summed E-state index contributed by atoms with van der Waals surface area (Å²) in [6, 6.07) is 4.13. The van der Waals surface area contributed by atoms with Crippen LogP contribution in [0.5, 0.6) is 17.2 Å². The zero-order valence-electron chi connectivity index (χ0n) is 18.9. The second-order valence-electron chi connectivity index (χ2n) is 8.21. The molecule has 0 bridgehead atoms. The molecule has 7 nitrogen and oxygen atoms in total. The molecule has 1 aromatic rings. The third-order valence-electron chi connectivity index (χ3n) is 6.19. The molecule has 30 heavy (non-hydrogen) atoms. The minimum atomic E-state index is 0. The van der Waals surface area contributed by atoms with Crippen molar-refractivity contribution in [3.05, 3.63) is 17.7 Å². The summed E-state index contributed by atoms with van der Waals surface area (Å²) in [6.07, 6.45) is 2.18. The first kappa shape index (κ1) is 24.8. The molecule has 0 amide bonds. The first-order chi connectivity index (χ1) is 14.0. The predicted octanol–water partition coefficient (Wildman–Crippen LogP) is 3.24. The molecule has 0 radical (unpaired) electrons. The van der Waals surface area contributed by atoms with Crippen molar-refractivity contribution in [2.45, 2.75) is 45.8 Å². The van der Waals surface area contributed by atoms with Crippen molar-refractivity contribution >= 4 is 29.9 Å². The van der Waals surface area contributed by atoms with Crippen LogP contribution in [-0.2, 0) is 11.2 Å². The fraction of sp³-hybridized carbons (Fsp3) is 0.682. The Bertz CT molecular complexity index is 716. The number of nitrogens with zero attached hydrogens (tertiary/aromatic N) is 1. The highest BCUT2D eigenvalue weighted by Gasteiger charge is 2.59. The second kappa shape index (κ2) is 10.7. The molecule has 1 aliphatic heterocycles. The van der Waals surface area contributed by atoms with Gasteiger partial charge in [0.25, 0.3) is 0 Å². The summed E-state index contributed by atoms with van der Waals surface area (Å²) in [5.41, 5.74) is 1.10. The first-order valence-corrected chi connectivity index (χ1v) is 10.4. The number of guanidine groups is 1. The Morgan fingerprint density at radius 1 is 1.17 bits per heavy atom. The van der Waals surface area contributed by atoms with Gasteiger partial charge in [-0.15, -0.1) is 24.0 Å². The standard InChI is InChI=1S/C22H35N3O4.HI/c1-7-23-21(25-19-16-9-11-29-20(16)22(19,2)3)24-10-8-15-17(27-5)12-14(26-4)13-18(15)28-6;/h12-13,16,19-20H,7-11H2,1-6H3,(H2,23,24,25);1H. The molecule has 3 rings (SSSR count). The number of benzene rings is 1. The summed E-state index contributed by atoms with van der Waals surface area (Å²) in [4.78, 5) is 4.81. The Labute approximate surface area is 197 Å². The maximum atomic E-state index is 5.91. The van der Waals surface area contributed by atoms with Crippen LogP contribution in [0.1, 0.15) is 32.8 Å². The average Bonchev–Trinajstić information content (AvgIpc) is 3.18. The van der Waals surface area contributed by atoms with Crippen molar-refractivity contribution in [1.29, 1.82) is 0 Å². The molecule has 2 N–H and O–H groups in total. The van der Waals surface area contributed by atoms with Crippen molar-refractivity contribution in [1.82, 2.24) is 10.6 Å². The number of ether oxygens (including phenoxy) is 4. The molecule has 2 fully saturated rings. The molecule has 1 saturated heterocycles. The smallest absolute Gasteiger partial charge is 0.191 e. The van der Waals surface area contributed by atoms with Gasteiger partial charge in [0.15, 0.2) is 5.96 Å². The van der Waals surface area contributed by atoms with Gasteiger partial charge in [0.2, 0.25) is 0 Å². The van der Waals surface area contributed by atoms with Gasteiger partial charge in [-0.05, 0) is 19.8 Å². The summed E-state index contributed by atoms with van der Waals surface area (Å²) in [5.74, 6) is 3.63. The third-order valence-corrected chi connectivity index (χ3v) is 6.19. The van der Waals surface area contributed by atoms with Crippen LogP contribution in [-0.4, -0.2) is 59.1 Å². The quantitative estimate of drug-likeness (QED) is 0.304. The van der Waals surface area contributed by atoms with E-state index in [-0.39, 0.29) is 29.4 Å². The van der Waals surface area contributed by atoms with Gasteiger partial charge in [0, 0.05) is 54.8 Å². The van der Waals surface area contributed by atoms with Gasteiger partial charge >= 0.3 is 0 Å². The zero-order chi connectivity index (χ0) is 21.0. The normalized spacial score (nSPS) is 24.2. The molecule has 8 heteroatoms. The fourth-order valence-electron chi connectivity index (χ4n) is 4.69. The summed E-state index contributed by atoms with van der Waals surface area (Å²) < 4.78 is 22.3. The highest BCUT2D eigenvalue weighted by Crippen LogP contribution is 2.52. The molecule has 1 aromatic carbocycles. The van der Waals surface area contributed by atoms with Crippen LogP contribution in [0.4, 0.5) is 0 Å². The predicted molar refractivity (Wildman–Crippen MR) is 130 cm³/mol. The lowest BCUT2D eigenvalue weighted by Gasteiger charge is -2.54. The molecule has 0 aromatic heterocycles. The number of halogens is 1. The van der Waals surface area contributed by atoms with Crippen LogP contribution in [0.25, 0.3) is 0 Å². The van der Waals surface area contributed by atoms with Gasteiger partial charge in [0.05, 0.1) is 27.4 Å². The number of fused-ring (bicyclic) bond motifs is 1. The van der Waals surface area contributed by atoms with Crippen LogP contribution in [0.2, 0.25) is 0 Å². The van der Waals surface area contributed by atoms with E-state index in [1.54, 1.807) is 21.3 Å². The van der Waals surface area contributed by atoms with Crippen LogP contribution in [0.3, 0.4) is 0 Å². The Morgan fingerprint density at radius 3 is 2.40 bits per heavy atom. The summed E-state index contributed by atoms with van der Waals surface area (Å²) in [7, 11) is 4.95. The fourth-order valence-corrected chi connectivity index (χ4v) is 4.69. The highest BCUT2D eigenvalue weighted by atomic mass is 127. The Balaban J connectivity index is 0.00000320. The van der Waals surface area contributed by atoms with Crippen LogP contribution >= 0.6 is 24.0 Å². The lowest BCUT2D eigenvalue weighted by Crippen LogP contribution is -2.68. The van der Waals surface area contributed by atoms with Gasteiger partial charge in [-0.2, -0.15) is 0 Å². The maximum absolute atomic E-state index is 5.91. The number of nitrogens with one attached hydrogen (secondary N) is 2. The molecular weight excluding hydrogens is 497 g/mol. The second-order valence-corrected chi connectivity index (χ2v) is 8.21. The van der Waals surface area contributed by atoms with Gasteiger partial charge in [-0.25, -0.2) is 0 Å². The number of methoxy groups -OCH3 is 3. The van der Waals surface area contributed by atoms with Crippen LogP contribution in [0, 0.1) is 11.3 Å². The van der Waals surface area contributed by atoms with E-state index in [9.17, 15) is 0 Å². The number of aliphatic imine (C=N–C) groups is 1. The van der Waals surface area contributed by atoms with Crippen molar-refractivity contribution < 1.29 is 18.9 Å². The van der Waals surface area contributed by atoms with Crippen molar-refractivity contribution in [3.63, 3.8) is 0 Å². The monoisotopic (exact) mass is 533 g/mol. The molecule has 170 valence electrons. The minimum Gasteiger partial charge on any atom is -0.496 e. The number of hydrogen-bond acceptors (Lipinski definition) is 5. The van der Waals surface area contributed by atoms with Crippen molar-refractivity contribution in [2.75, 3.05) is 41.0 Å². The van der Waals surface area contributed by atoms with E-state index in [1.165, 1.54) is 0 Å². The third kappa shape index (κ3) is 4.90. The molecule has 3 unspecified atom stereocenters. The molecule has 0 spiro atoms. The Morgan fingerprint density at radius 2 is 1.83 bits per heavy atom. The molecule has 2 aliphatic rings. The molecule has 1 aliphatic carbocycles. The summed E-state index contributed by atoms with van der Waals surface area (Å²) in [5, 5.41) is 7.03. The number of rotatable bonds is 8.